The lowest BCUT2D eigenvalue weighted by atomic mass is 10.0. The third-order valence-corrected chi connectivity index (χ3v) is 4.59. The average molecular weight is 461 g/mol. The zero-order chi connectivity index (χ0) is 24.6. The average Bonchev–Trinajstić information content (AvgIpc) is 3.18. The lowest BCUT2D eigenvalue weighted by Crippen LogP contribution is -2.36. The summed E-state index contributed by atoms with van der Waals surface area (Å²) in [5.41, 5.74) is 0.264. The number of carbonyl (C=O) groups excluding carboxylic acids is 2. The summed E-state index contributed by atoms with van der Waals surface area (Å²) in [7, 11) is 0. The number of rotatable bonds is 9. The molecular formula is C24H36N4O5. The van der Waals surface area contributed by atoms with E-state index >= 15 is 0 Å². The number of ether oxygens (including phenoxy) is 2. The van der Waals surface area contributed by atoms with Crippen LogP contribution in [0.3, 0.4) is 0 Å². The van der Waals surface area contributed by atoms with Gasteiger partial charge in [0.2, 0.25) is 5.89 Å². The normalized spacial score (nSPS) is 13.5. The second-order valence-electron chi connectivity index (χ2n) is 9.75. The van der Waals surface area contributed by atoms with Crippen LogP contribution in [0.15, 0.2) is 34.9 Å². The summed E-state index contributed by atoms with van der Waals surface area (Å²) in [5, 5.41) is 9.70. The van der Waals surface area contributed by atoms with Gasteiger partial charge in [-0.1, -0.05) is 63.2 Å². The van der Waals surface area contributed by atoms with Crippen LogP contribution in [0.4, 0.5) is 9.59 Å². The van der Waals surface area contributed by atoms with E-state index in [4.69, 9.17) is 14.0 Å². The first kappa shape index (κ1) is 26.2. The maximum Gasteiger partial charge on any atom is 0.408 e. The predicted molar refractivity (Wildman–Crippen MR) is 123 cm³/mol. The summed E-state index contributed by atoms with van der Waals surface area (Å²) < 4.78 is 16.2. The largest absolute Gasteiger partial charge is 0.445 e. The van der Waals surface area contributed by atoms with Crippen LogP contribution in [0.1, 0.15) is 84.2 Å². The molecule has 0 aliphatic rings. The molecule has 2 aromatic rings. The molecule has 1 heterocycles. The lowest BCUT2D eigenvalue weighted by Gasteiger charge is -2.23. The van der Waals surface area contributed by atoms with Gasteiger partial charge in [0, 0.05) is 0 Å². The molecule has 0 saturated heterocycles. The summed E-state index contributed by atoms with van der Waals surface area (Å²) in [4.78, 5) is 29.2. The molecule has 2 N–H and O–H groups in total. The Balaban J connectivity index is 2.09. The van der Waals surface area contributed by atoms with Gasteiger partial charge in [-0.3, -0.25) is 0 Å². The van der Waals surface area contributed by atoms with Gasteiger partial charge in [0.25, 0.3) is 0 Å². The fraction of sp³-hybridized carbons (Fsp3) is 0.583. The maximum atomic E-state index is 12.4. The molecule has 33 heavy (non-hydrogen) atoms. The van der Waals surface area contributed by atoms with Gasteiger partial charge in [-0.2, -0.15) is 4.98 Å². The fourth-order valence-corrected chi connectivity index (χ4v) is 3.07. The number of alkyl carbamates (subject to hydrolysis) is 2. The van der Waals surface area contributed by atoms with E-state index in [9.17, 15) is 9.59 Å². The number of hydrogen-bond acceptors (Lipinski definition) is 7. The summed E-state index contributed by atoms with van der Waals surface area (Å²) in [5.74, 6) is 0.801. The standard InChI is InChI=1S/C24H36N4O5/c1-15(2)13-18(25-23(30)32-24(5,6)7)20-27-21(33-28-20)19(16(3)4)26-22(29)31-14-17-11-9-8-10-12-17/h8-12,15-16,18-19H,13-14H2,1-7H3,(H,25,30)(H,26,29)/t18-,19-/m0/s1. The van der Waals surface area contributed by atoms with Crippen molar-refractivity contribution in [2.45, 2.75) is 79.2 Å². The van der Waals surface area contributed by atoms with Gasteiger partial charge in [-0.15, -0.1) is 0 Å². The summed E-state index contributed by atoms with van der Waals surface area (Å²) >= 11 is 0. The van der Waals surface area contributed by atoms with Gasteiger partial charge >= 0.3 is 12.2 Å². The van der Waals surface area contributed by atoms with Crippen molar-refractivity contribution in [1.82, 2.24) is 20.8 Å². The molecular weight excluding hydrogens is 424 g/mol. The molecule has 0 spiro atoms. The molecule has 1 aromatic heterocycles. The Kier molecular flexibility index (Phi) is 9.25. The van der Waals surface area contributed by atoms with Crippen LogP contribution >= 0.6 is 0 Å². The Hall–Kier alpha value is -3.10. The highest BCUT2D eigenvalue weighted by molar-refractivity contribution is 5.68. The molecule has 0 radical (unpaired) electrons. The Morgan fingerprint density at radius 1 is 1.03 bits per heavy atom. The molecule has 1 aromatic carbocycles. The molecule has 0 unspecified atom stereocenters. The number of benzene rings is 1. The van der Waals surface area contributed by atoms with Crippen LogP contribution in [0.2, 0.25) is 0 Å². The topological polar surface area (TPSA) is 116 Å². The molecule has 182 valence electrons. The SMILES string of the molecule is CC(C)C[C@H](NC(=O)OC(C)(C)C)c1noc([C@@H](NC(=O)OCc2ccccc2)C(C)C)n1. The second kappa shape index (κ2) is 11.7. The first-order valence-electron chi connectivity index (χ1n) is 11.2. The smallest absolute Gasteiger partial charge is 0.408 e. The van der Waals surface area contributed by atoms with Crippen LogP contribution in [0.25, 0.3) is 0 Å². The number of nitrogens with zero attached hydrogens (tertiary/aromatic N) is 2. The molecule has 9 nitrogen and oxygen atoms in total. The van der Waals surface area contributed by atoms with Crippen molar-refractivity contribution in [3.8, 4) is 0 Å². The van der Waals surface area contributed by atoms with Gasteiger partial charge < -0.3 is 24.6 Å². The van der Waals surface area contributed by atoms with Gasteiger partial charge in [0.05, 0.1) is 6.04 Å². The molecule has 2 atom stereocenters. The fourth-order valence-electron chi connectivity index (χ4n) is 3.07. The van der Waals surface area contributed by atoms with E-state index in [0.717, 1.165) is 5.56 Å². The van der Waals surface area contributed by atoms with Crippen LogP contribution in [0.5, 0.6) is 0 Å². The Bertz CT molecular complexity index is 890. The third-order valence-electron chi connectivity index (χ3n) is 4.59. The lowest BCUT2D eigenvalue weighted by molar-refractivity contribution is 0.0494. The summed E-state index contributed by atoms with van der Waals surface area (Å²) in [6, 6.07) is 8.38. The monoisotopic (exact) mass is 460 g/mol. The van der Waals surface area contributed by atoms with Crippen molar-refractivity contribution in [1.29, 1.82) is 0 Å². The second-order valence-corrected chi connectivity index (χ2v) is 9.75. The van der Waals surface area contributed by atoms with Gasteiger partial charge in [0.15, 0.2) is 5.82 Å². The van der Waals surface area contributed by atoms with Crippen molar-refractivity contribution in [2.75, 3.05) is 0 Å². The first-order chi connectivity index (χ1) is 15.4. The number of nitrogens with one attached hydrogen (secondary N) is 2. The van der Waals surface area contributed by atoms with E-state index in [1.807, 2.05) is 58.0 Å². The van der Waals surface area contributed by atoms with E-state index in [-0.39, 0.29) is 24.3 Å². The minimum absolute atomic E-state index is 0.0371. The zero-order valence-electron chi connectivity index (χ0n) is 20.5. The van der Waals surface area contributed by atoms with E-state index in [2.05, 4.69) is 20.8 Å². The highest BCUT2D eigenvalue weighted by Gasteiger charge is 2.29. The molecule has 0 aliphatic carbocycles. The Morgan fingerprint density at radius 2 is 1.70 bits per heavy atom. The van der Waals surface area contributed by atoms with Crippen LogP contribution in [-0.4, -0.2) is 27.9 Å². The molecule has 0 bridgehead atoms. The number of aromatic nitrogens is 2. The third kappa shape index (κ3) is 9.11. The van der Waals surface area contributed by atoms with Crippen molar-refractivity contribution >= 4 is 12.2 Å². The van der Waals surface area contributed by atoms with E-state index in [1.165, 1.54) is 0 Å². The van der Waals surface area contributed by atoms with Crippen LogP contribution < -0.4 is 10.6 Å². The van der Waals surface area contributed by atoms with Crippen molar-refractivity contribution < 1.29 is 23.6 Å². The highest BCUT2D eigenvalue weighted by Crippen LogP contribution is 2.25. The highest BCUT2D eigenvalue weighted by atomic mass is 16.6. The maximum absolute atomic E-state index is 12.4. The zero-order valence-corrected chi connectivity index (χ0v) is 20.5. The van der Waals surface area contributed by atoms with E-state index < -0.39 is 29.9 Å². The van der Waals surface area contributed by atoms with Gasteiger partial charge in [0.1, 0.15) is 18.2 Å². The van der Waals surface area contributed by atoms with Crippen LogP contribution in [0, 0.1) is 11.8 Å². The summed E-state index contributed by atoms with van der Waals surface area (Å²) in [6.45, 7) is 13.5. The number of hydrogen-bond donors (Lipinski definition) is 2. The summed E-state index contributed by atoms with van der Waals surface area (Å²) in [6.07, 6.45) is -0.540. The molecule has 0 saturated carbocycles. The minimum atomic E-state index is -0.623. The van der Waals surface area contributed by atoms with Crippen molar-refractivity contribution in [3.63, 3.8) is 0 Å². The molecule has 0 aliphatic heterocycles. The van der Waals surface area contributed by atoms with E-state index in [1.54, 1.807) is 20.8 Å². The number of carbonyl (C=O) groups is 2. The Morgan fingerprint density at radius 3 is 2.27 bits per heavy atom. The quantitative estimate of drug-likeness (QED) is 0.521. The predicted octanol–water partition coefficient (Wildman–Crippen LogP) is 5.31. The minimum Gasteiger partial charge on any atom is -0.445 e. The van der Waals surface area contributed by atoms with Gasteiger partial charge in [-0.05, 0) is 44.6 Å². The van der Waals surface area contributed by atoms with Gasteiger partial charge in [-0.25, -0.2) is 9.59 Å². The molecule has 2 amide bonds. The van der Waals surface area contributed by atoms with Crippen molar-refractivity contribution in [3.05, 3.63) is 47.6 Å². The first-order valence-corrected chi connectivity index (χ1v) is 11.2. The molecule has 9 heteroatoms. The van der Waals surface area contributed by atoms with E-state index in [0.29, 0.717) is 12.2 Å². The molecule has 0 fully saturated rings. The number of amides is 2. The Labute approximate surface area is 195 Å². The van der Waals surface area contributed by atoms with Crippen molar-refractivity contribution in [2.24, 2.45) is 11.8 Å². The molecule has 2 rings (SSSR count). The van der Waals surface area contributed by atoms with Crippen LogP contribution in [-0.2, 0) is 16.1 Å².